The number of carbonyl (C=O) groups is 1. The second-order valence-corrected chi connectivity index (χ2v) is 3.28. The fraction of sp³-hybridized carbons (Fsp3) is 0.444. The summed E-state index contributed by atoms with van der Waals surface area (Å²) in [4.78, 5) is 10.8. The molecule has 1 unspecified atom stereocenters. The lowest BCUT2D eigenvalue weighted by molar-refractivity contribution is -0.139. The molecule has 2 heterocycles. The van der Waals surface area contributed by atoms with Crippen LogP contribution in [0.5, 0.6) is 0 Å². The summed E-state index contributed by atoms with van der Waals surface area (Å²) >= 11 is 0. The van der Waals surface area contributed by atoms with Crippen LogP contribution in [0, 0.1) is 6.92 Å². The van der Waals surface area contributed by atoms with Gasteiger partial charge in [-0.1, -0.05) is 0 Å². The normalized spacial score (nSPS) is 21.2. The first-order valence-electron chi connectivity index (χ1n) is 4.20. The monoisotopic (exact) mass is 181 g/mol. The molecular formula is C9H11NO3. The van der Waals surface area contributed by atoms with Crippen molar-refractivity contribution in [2.75, 3.05) is 6.54 Å². The van der Waals surface area contributed by atoms with E-state index in [1.165, 1.54) is 0 Å². The summed E-state index contributed by atoms with van der Waals surface area (Å²) in [7, 11) is 0. The van der Waals surface area contributed by atoms with Crippen molar-refractivity contribution >= 4 is 5.97 Å². The summed E-state index contributed by atoms with van der Waals surface area (Å²) < 4.78 is 5.24. The Hall–Kier alpha value is -1.29. The van der Waals surface area contributed by atoms with E-state index in [2.05, 4.69) is 5.32 Å². The first-order chi connectivity index (χ1) is 6.20. The molecule has 70 valence electrons. The molecule has 0 saturated carbocycles. The third-order valence-corrected chi connectivity index (χ3v) is 2.40. The zero-order valence-electron chi connectivity index (χ0n) is 7.33. The van der Waals surface area contributed by atoms with E-state index in [0.717, 1.165) is 11.1 Å². The van der Waals surface area contributed by atoms with Gasteiger partial charge in [0.05, 0.1) is 6.26 Å². The lowest BCUT2D eigenvalue weighted by atomic mass is 9.97. The zero-order valence-corrected chi connectivity index (χ0v) is 7.33. The highest BCUT2D eigenvalue weighted by atomic mass is 16.4. The first kappa shape index (κ1) is 8.31. The van der Waals surface area contributed by atoms with Crippen LogP contribution in [-0.2, 0) is 11.3 Å². The molecule has 2 N–H and O–H groups in total. The van der Waals surface area contributed by atoms with E-state index in [0.29, 0.717) is 18.8 Å². The Bertz CT molecular complexity index is 343. The predicted octanol–water partition coefficient (Wildman–Crippen LogP) is 0.859. The second kappa shape index (κ2) is 2.88. The summed E-state index contributed by atoms with van der Waals surface area (Å²) in [6.45, 7) is 3.09. The molecular weight excluding hydrogens is 170 g/mol. The maximum atomic E-state index is 10.8. The summed E-state index contributed by atoms with van der Waals surface area (Å²) in [6, 6.07) is 0. The molecule has 0 amide bonds. The Morgan fingerprint density at radius 1 is 1.77 bits per heavy atom. The molecule has 0 bridgehead atoms. The zero-order chi connectivity index (χ0) is 9.42. The fourth-order valence-corrected chi connectivity index (χ4v) is 1.64. The van der Waals surface area contributed by atoms with Crippen LogP contribution < -0.4 is 5.32 Å². The molecule has 1 atom stereocenters. The average molecular weight is 181 g/mol. The number of fused-ring (bicyclic) bond motifs is 1. The van der Waals surface area contributed by atoms with Gasteiger partial charge >= 0.3 is 5.97 Å². The highest BCUT2D eigenvalue weighted by molar-refractivity contribution is 5.76. The minimum atomic E-state index is -0.831. The van der Waals surface area contributed by atoms with Crippen LogP contribution >= 0.6 is 0 Å². The van der Waals surface area contributed by atoms with Crippen molar-refractivity contribution in [2.45, 2.75) is 19.4 Å². The number of nitrogens with one attached hydrogen (secondary N) is 1. The Kier molecular flexibility index (Phi) is 1.84. The van der Waals surface area contributed by atoms with Gasteiger partial charge in [0.15, 0.2) is 0 Å². The fourth-order valence-electron chi connectivity index (χ4n) is 1.64. The molecule has 0 saturated heterocycles. The van der Waals surface area contributed by atoms with Crippen LogP contribution in [0.25, 0.3) is 0 Å². The maximum Gasteiger partial charge on any atom is 0.315 e. The smallest absolute Gasteiger partial charge is 0.315 e. The van der Waals surface area contributed by atoms with Crippen molar-refractivity contribution in [3.63, 3.8) is 0 Å². The first-order valence-corrected chi connectivity index (χ1v) is 4.20. The minimum absolute atomic E-state index is 0.454. The largest absolute Gasteiger partial charge is 0.481 e. The van der Waals surface area contributed by atoms with Crippen LogP contribution in [0.4, 0.5) is 0 Å². The number of aliphatic carboxylic acids is 1. The Labute approximate surface area is 75.6 Å². The topological polar surface area (TPSA) is 62.5 Å². The Morgan fingerprint density at radius 3 is 3.23 bits per heavy atom. The molecule has 2 rings (SSSR count). The third kappa shape index (κ3) is 1.23. The average Bonchev–Trinajstić information content (AvgIpc) is 2.48. The van der Waals surface area contributed by atoms with E-state index in [1.807, 2.05) is 6.92 Å². The number of carboxylic acid groups (broad SMARTS) is 1. The molecule has 4 heteroatoms. The lowest BCUT2D eigenvalue weighted by Gasteiger charge is -2.18. The van der Waals surface area contributed by atoms with Gasteiger partial charge in [0.2, 0.25) is 0 Å². The molecule has 0 radical (unpaired) electrons. The van der Waals surface area contributed by atoms with Gasteiger partial charge in [0, 0.05) is 18.7 Å². The van der Waals surface area contributed by atoms with Crippen molar-refractivity contribution in [1.29, 1.82) is 0 Å². The number of hydrogen-bond acceptors (Lipinski definition) is 3. The summed E-state index contributed by atoms with van der Waals surface area (Å²) in [5.41, 5.74) is 2.02. The highest BCUT2D eigenvalue weighted by Gasteiger charge is 2.30. The number of furan rings is 1. The number of hydrogen-bond donors (Lipinski definition) is 2. The van der Waals surface area contributed by atoms with Crippen LogP contribution in [0.1, 0.15) is 22.8 Å². The molecule has 13 heavy (non-hydrogen) atoms. The summed E-state index contributed by atoms with van der Waals surface area (Å²) in [5.74, 6) is -0.746. The van der Waals surface area contributed by atoms with Crippen LogP contribution in [-0.4, -0.2) is 17.6 Å². The SMILES string of the molecule is Cc1coc2c1CNCC2C(=O)O. The van der Waals surface area contributed by atoms with Gasteiger partial charge < -0.3 is 14.8 Å². The summed E-state index contributed by atoms with van der Waals surface area (Å²) in [5, 5.41) is 12.0. The molecule has 0 spiro atoms. The third-order valence-electron chi connectivity index (χ3n) is 2.40. The van der Waals surface area contributed by atoms with Crippen molar-refractivity contribution in [2.24, 2.45) is 0 Å². The van der Waals surface area contributed by atoms with Gasteiger partial charge in [0.1, 0.15) is 11.7 Å². The maximum absolute atomic E-state index is 10.8. The Morgan fingerprint density at radius 2 is 2.54 bits per heavy atom. The Balaban J connectivity index is 2.43. The molecule has 4 nitrogen and oxygen atoms in total. The molecule has 1 aromatic rings. The van der Waals surface area contributed by atoms with Crippen molar-refractivity contribution < 1.29 is 14.3 Å². The van der Waals surface area contributed by atoms with E-state index >= 15 is 0 Å². The number of rotatable bonds is 1. The predicted molar refractivity (Wildman–Crippen MR) is 45.5 cm³/mol. The number of aryl methyl sites for hydroxylation is 1. The van der Waals surface area contributed by atoms with Crippen LogP contribution in [0.2, 0.25) is 0 Å². The second-order valence-electron chi connectivity index (χ2n) is 3.28. The molecule has 0 aromatic carbocycles. The quantitative estimate of drug-likeness (QED) is 0.674. The molecule has 1 aliphatic heterocycles. The van der Waals surface area contributed by atoms with Gasteiger partial charge in [-0.05, 0) is 12.5 Å². The van der Waals surface area contributed by atoms with Crippen LogP contribution in [0.15, 0.2) is 10.7 Å². The van der Waals surface area contributed by atoms with E-state index in [-0.39, 0.29) is 0 Å². The molecule has 0 fully saturated rings. The van der Waals surface area contributed by atoms with Crippen molar-refractivity contribution in [1.82, 2.24) is 5.32 Å². The lowest BCUT2D eigenvalue weighted by Crippen LogP contribution is -2.31. The standard InChI is InChI=1S/C9H11NO3/c1-5-4-13-8-6(5)2-10-3-7(8)9(11)12/h4,7,10H,2-3H2,1H3,(H,11,12). The van der Waals surface area contributed by atoms with Crippen molar-refractivity contribution in [3.05, 3.63) is 23.2 Å². The molecule has 1 aliphatic rings. The van der Waals surface area contributed by atoms with Gasteiger partial charge in [-0.15, -0.1) is 0 Å². The molecule has 0 aliphatic carbocycles. The minimum Gasteiger partial charge on any atom is -0.481 e. The summed E-state index contributed by atoms with van der Waals surface area (Å²) in [6.07, 6.45) is 1.62. The van der Waals surface area contributed by atoms with E-state index in [1.54, 1.807) is 6.26 Å². The van der Waals surface area contributed by atoms with E-state index in [4.69, 9.17) is 9.52 Å². The van der Waals surface area contributed by atoms with Crippen molar-refractivity contribution in [3.8, 4) is 0 Å². The van der Waals surface area contributed by atoms with Crippen LogP contribution in [0.3, 0.4) is 0 Å². The number of carboxylic acids is 1. The molecule has 1 aromatic heterocycles. The van der Waals surface area contributed by atoms with Gasteiger partial charge in [0.25, 0.3) is 0 Å². The van der Waals surface area contributed by atoms with Gasteiger partial charge in [-0.2, -0.15) is 0 Å². The van der Waals surface area contributed by atoms with Gasteiger partial charge in [-0.3, -0.25) is 4.79 Å². The van der Waals surface area contributed by atoms with E-state index in [9.17, 15) is 4.79 Å². The van der Waals surface area contributed by atoms with E-state index < -0.39 is 11.9 Å². The highest BCUT2D eigenvalue weighted by Crippen LogP contribution is 2.27. The van der Waals surface area contributed by atoms with Gasteiger partial charge in [-0.25, -0.2) is 0 Å².